The maximum absolute atomic E-state index is 13.4. The summed E-state index contributed by atoms with van der Waals surface area (Å²) >= 11 is 0. The summed E-state index contributed by atoms with van der Waals surface area (Å²) in [6, 6.07) is 14.6. The molecule has 4 rings (SSSR count). The maximum atomic E-state index is 13.4. The molecule has 0 bridgehead atoms. The van der Waals surface area contributed by atoms with Gasteiger partial charge >= 0.3 is 0 Å². The molecule has 0 saturated heterocycles. The number of imidazole rings is 1. The van der Waals surface area contributed by atoms with Crippen molar-refractivity contribution >= 4 is 22.8 Å². The largest absolute Gasteiger partial charge is 0.383 e. The summed E-state index contributed by atoms with van der Waals surface area (Å²) in [6.45, 7) is 7.51. The second-order valence-corrected chi connectivity index (χ2v) is 8.61. The first-order valence-corrected chi connectivity index (χ1v) is 11.1. The lowest BCUT2D eigenvalue weighted by Gasteiger charge is -2.31. The van der Waals surface area contributed by atoms with Gasteiger partial charge in [0.05, 0.1) is 23.7 Å². The fraction of sp³-hybridized carbons (Fsp3) is 0.400. The maximum Gasteiger partial charge on any atom is 0.255 e. The summed E-state index contributed by atoms with van der Waals surface area (Å²) in [7, 11) is 1.67. The zero-order chi connectivity index (χ0) is 22.8. The van der Waals surface area contributed by atoms with Crippen molar-refractivity contribution in [3.63, 3.8) is 0 Å². The smallest absolute Gasteiger partial charge is 0.255 e. The molecule has 0 saturated carbocycles. The minimum Gasteiger partial charge on any atom is -0.383 e. The molecule has 1 aromatic heterocycles. The quantitative estimate of drug-likeness (QED) is 0.588. The van der Waals surface area contributed by atoms with Crippen LogP contribution in [0, 0.1) is 5.92 Å². The molecule has 0 aliphatic carbocycles. The summed E-state index contributed by atoms with van der Waals surface area (Å²) in [5.74, 6) is 0.483. The number of methoxy groups -OCH3 is 1. The first-order chi connectivity index (χ1) is 15.4. The number of ether oxygens (including phenoxy) is 1. The standard InChI is InChI=1S/C25H30N4O3/c1-16(2)22(29-15-18-9-5-6-10-19(18)25(29)31)24(30)26-17(3)23-27-20-11-7-8-12-21(20)28(23)13-14-32-4/h5-12,16-17,22H,13-15H2,1-4H3,(H,26,30)/t17-,22+/m0/s1. The molecule has 0 unspecified atom stereocenters. The van der Waals surface area contributed by atoms with Crippen LogP contribution in [0.1, 0.15) is 48.6 Å². The molecule has 0 fully saturated rings. The number of benzene rings is 2. The Morgan fingerprint density at radius 3 is 2.56 bits per heavy atom. The third-order valence-corrected chi connectivity index (χ3v) is 6.03. The van der Waals surface area contributed by atoms with Crippen molar-refractivity contribution in [2.75, 3.05) is 13.7 Å². The number of para-hydroxylation sites is 2. The van der Waals surface area contributed by atoms with Crippen molar-refractivity contribution in [1.82, 2.24) is 19.8 Å². The van der Waals surface area contributed by atoms with Gasteiger partial charge in [0.15, 0.2) is 0 Å². The van der Waals surface area contributed by atoms with E-state index >= 15 is 0 Å². The summed E-state index contributed by atoms with van der Waals surface area (Å²) in [6.07, 6.45) is 0. The number of rotatable bonds is 8. The van der Waals surface area contributed by atoms with E-state index in [1.54, 1.807) is 12.0 Å². The molecule has 1 aliphatic rings. The molecular formula is C25H30N4O3. The van der Waals surface area contributed by atoms with Crippen LogP contribution in [0.5, 0.6) is 0 Å². The lowest BCUT2D eigenvalue weighted by atomic mass is 10.0. The van der Waals surface area contributed by atoms with Gasteiger partial charge in [0.1, 0.15) is 11.9 Å². The van der Waals surface area contributed by atoms with Gasteiger partial charge in [-0.25, -0.2) is 4.98 Å². The van der Waals surface area contributed by atoms with Crippen molar-refractivity contribution in [3.05, 3.63) is 65.5 Å². The number of hydrogen-bond acceptors (Lipinski definition) is 4. The molecule has 1 aliphatic heterocycles. The minimum absolute atomic E-state index is 0.0345. The van der Waals surface area contributed by atoms with Gasteiger partial charge in [-0.2, -0.15) is 0 Å². The molecule has 7 nitrogen and oxygen atoms in total. The Morgan fingerprint density at radius 1 is 1.12 bits per heavy atom. The van der Waals surface area contributed by atoms with Gasteiger partial charge in [-0.15, -0.1) is 0 Å². The summed E-state index contributed by atoms with van der Waals surface area (Å²) in [4.78, 5) is 32.9. The Labute approximate surface area is 188 Å². The number of aromatic nitrogens is 2. The van der Waals surface area contributed by atoms with E-state index < -0.39 is 6.04 Å². The van der Waals surface area contributed by atoms with Gasteiger partial charge in [-0.1, -0.05) is 44.2 Å². The van der Waals surface area contributed by atoms with Crippen molar-refractivity contribution in [2.45, 2.75) is 45.9 Å². The SMILES string of the molecule is COCCn1c([C@H](C)NC(=O)[C@@H](C(C)C)N2Cc3ccccc3C2=O)nc2ccccc21. The fourth-order valence-corrected chi connectivity index (χ4v) is 4.51. The van der Waals surface area contributed by atoms with Crippen LogP contribution >= 0.6 is 0 Å². The Bertz CT molecular complexity index is 1140. The lowest BCUT2D eigenvalue weighted by Crippen LogP contribution is -2.50. The predicted octanol–water partition coefficient (Wildman–Crippen LogP) is 3.54. The fourth-order valence-electron chi connectivity index (χ4n) is 4.51. The van der Waals surface area contributed by atoms with Crippen LogP contribution in [0.3, 0.4) is 0 Å². The molecular weight excluding hydrogens is 404 g/mol. The van der Waals surface area contributed by atoms with Crippen molar-refractivity contribution in [3.8, 4) is 0 Å². The van der Waals surface area contributed by atoms with Crippen molar-refractivity contribution < 1.29 is 14.3 Å². The van der Waals surface area contributed by atoms with E-state index in [0.29, 0.717) is 25.3 Å². The zero-order valence-electron chi connectivity index (χ0n) is 19.0. The van der Waals surface area contributed by atoms with E-state index in [2.05, 4.69) is 9.88 Å². The van der Waals surface area contributed by atoms with Crippen molar-refractivity contribution in [1.29, 1.82) is 0 Å². The highest BCUT2D eigenvalue weighted by molar-refractivity contribution is 6.01. The minimum atomic E-state index is -0.561. The average Bonchev–Trinajstić information content (AvgIpc) is 3.30. The highest BCUT2D eigenvalue weighted by Gasteiger charge is 2.38. The molecule has 2 amide bonds. The second kappa shape index (κ2) is 9.12. The van der Waals surface area contributed by atoms with E-state index in [4.69, 9.17) is 9.72 Å². The Morgan fingerprint density at radius 2 is 1.84 bits per heavy atom. The molecule has 0 radical (unpaired) electrons. The van der Waals surface area contributed by atoms with Crippen LogP contribution in [0.25, 0.3) is 11.0 Å². The van der Waals surface area contributed by atoms with Gasteiger partial charge in [0.25, 0.3) is 5.91 Å². The number of carbonyl (C=O) groups excluding carboxylic acids is 2. The molecule has 7 heteroatoms. The Hall–Kier alpha value is -3.19. The molecule has 168 valence electrons. The molecule has 2 aromatic carbocycles. The Balaban J connectivity index is 1.58. The van der Waals surface area contributed by atoms with Crippen LogP contribution in [0.15, 0.2) is 48.5 Å². The van der Waals surface area contributed by atoms with Crippen molar-refractivity contribution in [2.24, 2.45) is 5.92 Å². The lowest BCUT2D eigenvalue weighted by molar-refractivity contribution is -0.127. The molecule has 0 spiro atoms. The summed E-state index contributed by atoms with van der Waals surface area (Å²) in [5.41, 5.74) is 3.53. The number of carbonyl (C=O) groups is 2. The van der Waals surface area contributed by atoms with E-state index in [1.807, 2.05) is 69.3 Å². The van der Waals surface area contributed by atoms with E-state index in [-0.39, 0.29) is 23.8 Å². The molecule has 2 heterocycles. The van der Waals surface area contributed by atoms with Gasteiger partial charge in [-0.05, 0) is 36.6 Å². The average molecular weight is 435 g/mol. The number of hydrogen-bond donors (Lipinski definition) is 1. The molecule has 2 atom stereocenters. The first-order valence-electron chi connectivity index (χ1n) is 11.1. The van der Waals surface area contributed by atoms with Gasteiger partial charge in [0.2, 0.25) is 5.91 Å². The van der Waals surface area contributed by atoms with Crippen LogP contribution < -0.4 is 5.32 Å². The zero-order valence-corrected chi connectivity index (χ0v) is 19.0. The Kier molecular flexibility index (Phi) is 6.28. The van der Waals surface area contributed by atoms with Gasteiger partial charge < -0.3 is 19.5 Å². The van der Waals surface area contributed by atoms with Crippen LogP contribution in [-0.4, -0.2) is 46.0 Å². The monoisotopic (exact) mass is 434 g/mol. The number of nitrogens with one attached hydrogen (secondary N) is 1. The number of nitrogens with zero attached hydrogens (tertiary/aromatic N) is 3. The first kappa shape index (κ1) is 22.0. The third-order valence-electron chi connectivity index (χ3n) is 6.03. The number of amides is 2. The third kappa shape index (κ3) is 4.00. The predicted molar refractivity (Wildman–Crippen MR) is 123 cm³/mol. The topological polar surface area (TPSA) is 76.5 Å². The van der Waals surface area contributed by atoms with Gasteiger partial charge in [0, 0.05) is 25.8 Å². The van der Waals surface area contributed by atoms with E-state index in [9.17, 15) is 9.59 Å². The van der Waals surface area contributed by atoms with Crippen LogP contribution in [0.4, 0.5) is 0 Å². The van der Waals surface area contributed by atoms with Crippen LogP contribution in [-0.2, 0) is 22.6 Å². The molecule has 32 heavy (non-hydrogen) atoms. The normalized spacial score (nSPS) is 15.3. The van der Waals surface area contributed by atoms with E-state index in [1.165, 1.54) is 0 Å². The number of fused-ring (bicyclic) bond motifs is 2. The van der Waals surface area contributed by atoms with Crippen LogP contribution in [0.2, 0.25) is 0 Å². The highest BCUT2D eigenvalue weighted by atomic mass is 16.5. The second-order valence-electron chi connectivity index (χ2n) is 8.61. The van der Waals surface area contributed by atoms with Gasteiger partial charge in [-0.3, -0.25) is 9.59 Å². The summed E-state index contributed by atoms with van der Waals surface area (Å²) in [5, 5.41) is 3.12. The molecule has 3 aromatic rings. The summed E-state index contributed by atoms with van der Waals surface area (Å²) < 4.78 is 7.37. The highest BCUT2D eigenvalue weighted by Crippen LogP contribution is 2.28. The molecule has 1 N–H and O–H groups in total. The van der Waals surface area contributed by atoms with E-state index in [0.717, 1.165) is 22.4 Å².